The predicted molar refractivity (Wildman–Crippen MR) is 47.0 cm³/mol. The molecule has 0 bridgehead atoms. The maximum atomic E-state index is 10.8. The summed E-state index contributed by atoms with van der Waals surface area (Å²) in [5, 5.41) is 0. The molecule has 12 heavy (non-hydrogen) atoms. The SMILES string of the molecule is CCCOCC(C)OC(=O)CC. The third-order valence-corrected chi connectivity index (χ3v) is 1.32. The summed E-state index contributed by atoms with van der Waals surface area (Å²) in [5.41, 5.74) is 0. The highest BCUT2D eigenvalue weighted by molar-refractivity contribution is 5.69. The first-order chi connectivity index (χ1) is 5.70. The monoisotopic (exact) mass is 174 g/mol. The molecule has 72 valence electrons. The van der Waals surface area contributed by atoms with Crippen LogP contribution in [0.3, 0.4) is 0 Å². The fourth-order valence-electron chi connectivity index (χ4n) is 0.735. The molecule has 0 N–H and O–H groups in total. The van der Waals surface area contributed by atoms with Crippen LogP contribution < -0.4 is 0 Å². The van der Waals surface area contributed by atoms with Crippen LogP contribution in [0.4, 0.5) is 0 Å². The molecule has 1 atom stereocenters. The lowest BCUT2D eigenvalue weighted by atomic mass is 10.4. The van der Waals surface area contributed by atoms with E-state index in [0.29, 0.717) is 13.0 Å². The van der Waals surface area contributed by atoms with E-state index in [-0.39, 0.29) is 12.1 Å². The largest absolute Gasteiger partial charge is 0.460 e. The maximum Gasteiger partial charge on any atom is 0.305 e. The summed E-state index contributed by atoms with van der Waals surface area (Å²) in [7, 11) is 0. The molecule has 0 aliphatic carbocycles. The van der Waals surface area contributed by atoms with Crippen LogP contribution in [-0.4, -0.2) is 25.3 Å². The van der Waals surface area contributed by atoms with Gasteiger partial charge in [-0.15, -0.1) is 0 Å². The van der Waals surface area contributed by atoms with Crippen LogP contribution in [0.25, 0.3) is 0 Å². The quantitative estimate of drug-likeness (QED) is 0.454. The maximum absolute atomic E-state index is 10.8. The zero-order valence-electron chi connectivity index (χ0n) is 8.13. The molecule has 0 saturated heterocycles. The second kappa shape index (κ2) is 7.10. The topological polar surface area (TPSA) is 35.5 Å². The molecule has 0 amide bonds. The standard InChI is InChI=1S/C9H18O3/c1-4-6-11-7-8(3)12-9(10)5-2/h8H,4-7H2,1-3H3. The summed E-state index contributed by atoms with van der Waals surface area (Å²) in [6.45, 7) is 6.89. The fraction of sp³-hybridized carbons (Fsp3) is 0.889. The van der Waals surface area contributed by atoms with Gasteiger partial charge in [0.15, 0.2) is 0 Å². The van der Waals surface area contributed by atoms with Gasteiger partial charge in [-0.1, -0.05) is 13.8 Å². The minimum Gasteiger partial charge on any atom is -0.460 e. The Kier molecular flexibility index (Phi) is 6.76. The number of carbonyl (C=O) groups excluding carboxylic acids is 1. The molecule has 0 aliphatic heterocycles. The molecule has 0 saturated carbocycles. The Hall–Kier alpha value is -0.570. The smallest absolute Gasteiger partial charge is 0.305 e. The van der Waals surface area contributed by atoms with Gasteiger partial charge in [-0.25, -0.2) is 0 Å². The molecule has 3 heteroatoms. The highest BCUT2D eigenvalue weighted by atomic mass is 16.6. The summed E-state index contributed by atoms with van der Waals surface area (Å²) >= 11 is 0. The van der Waals surface area contributed by atoms with Crippen molar-refractivity contribution in [3.05, 3.63) is 0 Å². The summed E-state index contributed by atoms with van der Waals surface area (Å²) in [4.78, 5) is 10.8. The van der Waals surface area contributed by atoms with Gasteiger partial charge in [-0.2, -0.15) is 0 Å². The number of rotatable bonds is 6. The molecule has 0 rings (SSSR count). The fourth-order valence-corrected chi connectivity index (χ4v) is 0.735. The van der Waals surface area contributed by atoms with Crippen LogP contribution in [0.1, 0.15) is 33.6 Å². The molecule has 0 aromatic heterocycles. The third-order valence-electron chi connectivity index (χ3n) is 1.32. The van der Waals surface area contributed by atoms with E-state index in [1.807, 2.05) is 13.8 Å². The zero-order valence-corrected chi connectivity index (χ0v) is 8.13. The van der Waals surface area contributed by atoms with E-state index >= 15 is 0 Å². The Morgan fingerprint density at radius 1 is 1.42 bits per heavy atom. The lowest BCUT2D eigenvalue weighted by Gasteiger charge is -2.12. The van der Waals surface area contributed by atoms with Crippen LogP contribution >= 0.6 is 0 Å². The van der Waals surface area contributed by atoms with E-state index in [1.165, 1.54) is 0 Å². The van der Waals surface area contributed by atoms with Gasteiger partial charge in [0.05, 0.1) is 6.61 Å². The lowest BCUT2D eigenvalue weighted by Crippen LogP contribution is -2.19. The molecule has 0 aromatic carbocycles. The molecule has 3 nitrogen and oxygen atoms in total. The van der Waals surface area contributed by atoms with Gasteiger partial charge < -0.3 is 9.47 Å². The molecule has 0 aliphatic rings. The first-order valence-electron chi connectivity index (χ1n) is 4.47. The number of ether oxygens (including phenoxy) is 2. The Labute approximate surface area is 74.0 Å². The van der Waals surface area contributed by atoms with Crippen molar-refractivity contribution in [1.82, 2.24) is 0 Å². The average molecular weight is 174 g/mol. The van der Waals surface area contributed by atoms with Crippen LogP contribution in [0.15, 0.2) is 0 Å². The number of hydrogen-bond donors (Lipinski definition) is 0. The van der Waals surface area contributed by atoms with E-state index in [0.717, 1.165) is 13.0 Å². The van der Waals surface area contributed by atoms with Gasteiger partial charge >= 0.3 is 5.97 Å². The number of esters is 1. The van der Waals surface area contributed by atoms with Gasteiger partial charge in [0.2, 0.25) is 0 Å². The second-order valence-corrected chi connectivity index (χ2v) is 2.73. The first-order valence-corrected chi connectivity index (χ1v) is 4.47. The summed E-state index contributed by atoms with van der Waals surface area (Å²) in [6.07, 6.45) is 1.30. The Balaban J connectivity index is 3.32. The van der Waals surface area contributed by atoms with Gasteiger partial charge in [-0.05, 0) is 13.3 Å². The van der Waals surface area contributed by atoms with Gasteiger partial charge in [0.1, 0.15) is 6.10 Å². The number of carbonyl (C=O) groups is 1. The van der Waals surface area contributed by atoms with Crippen molar-refractivity contribution >= 4 is 5.97 Å². The van der Waals surface area contributed by atoms with Gasteiger partial charge in [0, 0.05) is 13.0 Å². The molecular weight excluding hydrogens is 156 g/mol. The Bertz CT molecular complexity index is 123. The molecule has 1 unspecified atom stereocenters. The molecule has 0 aromatic rings. The predicted octanol–water partition coefficient (Wildman–Crippen LogP) is 1.75. The van der Waals surface area contributed by atoms with E-state index < -0.39 is 0 Å². The molecule has 0 radical (unpaired) electrons. The summed E-state index contributed by atoms with van der Waals surface area (Å²) in [6, 6.07) is 0. The normalized spacial score (nSPS) is 12.6. The molecular formula is C9H18O3. The van der Waals surface area contributed by atoms with Crippen molar-refractivity contribution < 1.29 is 14.3 Å². The summed E-state index contributed by atoms with van der Waals surface area (Å²) in [5.74, 6) is -0.164. The van der Waals surface area contributed by atoms with Crippen LogP contribution in [0.5, 0.6) is 0 Å². The van der Waals surface area contributed by atoms with Crippen LogP contribution in [0.2, 0.25) is 0 Å². The highest BCUT2D eigenvalue weighted by Crippen LogP contribution is 1.95. The van der Waals surface area contributed by atoms with E-state index in [9.17, 15) is 4.79 Å². The lowest BCUT2D eigenvalue weighted by molar-refractivity contribution is -0.150. The highest BCUT2D eigenvalue weighted by Gasteiger charge is 2.06. The minimum absolute atomic E-state index is 0.121. The van der Waals surface area contributed by atoms with Crippen molar-refractivity contribution in [3.8, 4) is 0 Å². The second-order valence-electron chi connectivity index (χ2n) is 2.73. The molecule has 0 fully saturated rings. The van der Waals surface area contributed by atoms with Crippen LogP contribution in [-0.2, 0) is 14.3 Å². The number of hydrogen-bond acceptors (Lipinski definition) is 3. The molecule has 0 heterocycles. The summed E-state index contributed by atoms with van der Waals surface area (Å²) < 4.78 is 10.2. The minimum atomic E-state index is -0.164. The van der Waals surface area contributed by atoms with Crippen molar-refractivity contribution in [1.29, 1.82) is 0 Å². The first kappa shape index (κ1) is 11.4. The van der Waals surface area contributed by atoms with Crippen molar-refractivity contribution in [2.45, 2.75) is 39.7 Å². The van der Waals surface area contributed by atoms with Crippen molar-refractivity contribution in [3.63, 3.8) is 0 Å². The Morgan fingerprint density at radius 3 is 2.58 bits per heavy atom. The van der Waals surface area contributed by atoms with E-state index in [1.54, 1.807) is 6.92 Å². The Morgan fingerprint density at radius 2 is 2.08 bits per heavy atom. The van der Waals surface area contributed by atoms with Gasteiger partial charge in [-0.3, -0.25) is 4.79 Å². The van der Waals surface area contributed by atoms with Crippen molar-refractivity contribution in [2.24, 2.45) is 0 Å². The van der Waals surface area contributed by atoms with E-state index in [4.69, 9.17) is 9.47 Å². The zero-order chi connectivity index (χ0) is 9.40. The average Bonchev–Trinajstić information content (AvgIpc) is 2.05. The third kappa shape index (κ3) is 6.16. The van der Waals surface area contributed by atoms with E-state index in [2.05, 4.69) is 0 Å². The van der Waals surface area contributed by atoms with Crippen LogP contribution in [0, 0.1) is 0 Å². The molecule has 0 spiro atoms. The van der Waals surface area contributed by atoms with Gasteiger partial charge in [0.25, 0.3) is 0 Å². The van der Waals surface area contributed by atoms with Crippen molar-refractivity contribution in [2.75, 3.05) is 13.2 Å².